The van der Waals surface area contributed by atoms with Gasteiger partial charge in [0.15, 0.2) is 11.8 Å². The first-order chi connectivity index (χ1) is 20.6. The molecule has 0 spiro atoms. The van der Waals surface area contributed by atoms with E-state index in [2.05, 4.69) is 39.6 Å². The monoisotopic (exact) mass is 688 g/mol. The van der Waals surface area contributed by atoms with Crippen molar-refractivity contribution in [3.63, 3.8) is 0 Å². The van der Waals surface area contributed by atoms with Crippen molar-refractivity contribution in [3.8, 4) is 0 Å². The minimum absolute atomic E-state index is 0.0122. The normalized spacial score (nSPS) is 17.0. The highest BCUT2D eigenvalue weighted by molar-refractivity contribution is 7.90. The standard InChI is InChI=1S/C28H49F5N6O4SSi/c1-18(43-19(2)28(31,32)33)23(38-44(40)26(3,4)5)25-37-24-22(39(25)17-42-12-13-45(7,8)9)11-10-20(36-24)21(14-41-6)35-16-27(29,30)15-34/h10-11,18-19,21,23,35,38H,12-17,34H2,1-9H3/t18-,19-,21-,23+,44?/m1/s1. The number of pyridine rings is 1. The third-order valence-corrected chi connectivity index (χ3v) is 10.2. The molecule has 0 aliphatic rings. The number of imidazole rings is 1. The summed E-state index contributed by atoms with van der Waals surface area (Å²) in [5.41, 5.74) is 6.20. The van der Waals surface area contributed by atoms with E-state index in [1.165, 1.54) is 14.0 Å². The lowest BCUT2D eigenvalue weighted by molar-refractivity contribution is -0.227. The van der Waals surface area contributed by atoms with Crippen LogP contribution in [0.25, 0.3) is 11.2 Å². The van der Waals surface area contributed by atoms with Crippen molar-refractivity contribution in [2.45, 2.75) is 108 Å². The maximum absolute atomic E-state index is 13.9. The smallest absolute Gasteiger partial charge is 0.414 e. The number of fused-ring (bicyclic) bond motifs is 1. The Kier molecular flexibility index (Phi) is 14.2. The van der Waals surface area contributed by atoms with Crippen LogP contribution in [0.2, 0.25) is 25.7 Å². The first kappa shape index (κ1) is 39.7. The number of aromatic nitrogens is 3. The summed E-state index contributed by atoms with van der Waals surface area (Å²) in [6.07, 6.45) is -7.88. The Morgan fingerprint density at radius 2 is 1.73 bits per heavy atom. The number of hydrogen-bond acceptors (Lipinski definition) is 9. The molecule has 0 aliphatic heterocycles. The largest absolute Gasteiger partial charge is 0.598 e. The third-order valence-electron chi connectivity index (χ3n) is 6.89. The van der Waals surface area contributed by atoms with E-state index in [4.69, 9.17) is 19.9 Å². The number of halogens is 5. The van der Waals surface area contributed by atoms with E-state index in [1.807, 2.05) is 0 Å². The van der Waals surface area contributed by atoms with Crippen molar-refractivity contribution in [2.75, 3.05) is 33.4 Å². The van der Waals surface area contributed by atoms with Gasteiger partial charge in [-0.05, 0) is 52.8 Å². The van der Waals surface area contributed by atoms with E-state index >= 15 is 0 Å². The van der Waals surface area contributed by atoms with Gasteiger partial charge in [-0.15, -0.1) is 4.72 Å². The molecule has 0 radical (unpaired) electrons. The second-order valence-corrected chi connectivity index (χ2v) is 20.9. The molecule has 17 heteroatoms. The average molecular weight is 689 g/mol. The van der Waals surface area contributed by atoms with Gasteiger partial charge in [-0.25, -0.2) is 18.7 Å². The summed E-state index contributed by atoms with van der Waals surface area (Å²) in [6, 6.07) is 2.36. The van der Waals surface area contributed by atoms with Crippen LogP contribution in [0.3, 0.4) is 0 Å². The Bertz CT molecular complexity index is 1210. The Balaban J connectivity index is 2.64. The Hall–Kier alpha value is -1.44. The first-order valence-electron chi connectivity index (χ1n) is 14.7. The molecule has 0 saturated heterocycles. The fourth-order valence-electron chi connectivity index (χ4n) is 4.03. The predicted octanol–water partition coefficient (Wildman–Crippen LogP) is 5.06. The lowest BCUT2D eigenvalue weighted by Gasteiger charge is -2.32. The van der Waals surface area contributed by atoms with Crippen molar-refractivity contribution in [1.82, 2.24) is 24.6 Å². The number of ether oxygens (including phenoxy) is 3. The molecule has 10 nitrogen and oxygen atoms in total. The van der Waals surface area contributed by atoms with Crippen LogP contribution in [-0.4, -0.2) is 89.6 Å². The van der Waals surface area contributed by atoms with Crippen molar-refractivity contribution < 1.29 is 40.7 Å². The molecule has 0 aliphatic carbocycles. The topological polar surface area (TPSA) is 132 Å². The number of nitrogens with one attached hydrogen (secondary N) is 2. The van der Waals surface area contributed by atoms with Crippen LogP contribution in [0, 0.1) is 0 Å². The van der Waals surface area contributed by atoms with Crippen LogP contribution in [0.15, 0.2) is 12.1 Å². The summed E-state index contributed by atoms with van der Waals surface area (Å²) in [7, 11) is -0.0147. The maximum Gasteiger partial charge on any atom is 0.414 e. The van der Waals surface area contributed by atoms with Gasteiger partial charge in [-0.2, -0.15) is 13.2 Å². The van der Waals surface area contributed by atoms with Crippen LogP contribution in [0.5, 0.6) is 0 Å². The fraction of sp³-hybridized carbons (Fsp3) is 0.786. The zero-order valence-electron chi connectivity index (χ0n) is 27.6. The number of alkyl halides is 5. The zero-order valence-corrected chi connectivity index (χ0v) is 29.4. The van der Waals surface area contributed by atoms with Crippen LogP contribution < -0.4 is 15.8 Å². The molecule has 4 N–H and O–H groups in total. The highest BCUT2D eigenvalue weighted by Crippen LogP contribution is 2.31. The van der Waals surface area contributed by atoms with Crippen LogP contribution in [-0.2, 0) is 32.3 Å². The molecule has 2 rings (SSSR count). The average Bonchev–Trinajstić information content (AvgIpc) is 3.27. The van der Waals surface area contributed by atoms with E-state index in [9.17, 15) is 26.5 Å². The lowest BCUT2D eigenvalue weighted by atomic mass is 10.1. The molecular weight excluding hydrogens is 639 g/mol. The van der Waals surface area contributed by atoms with E-state index in [1.54, 1.807) is 37.5 Å². The molecule has 2 aromatic heterocycles. The van der Waals surface area contributed by atoms with Gasteiger partial charge in [0.05, 0.1) is 43.1 Å². The summed E-state index contributed by atoms with van der Waals surface area (Å²) in [6.45, 7) is 13.0. The quantitative estimate of drug-likeness (QED) is 0.0851. The second-order valence-electron chi connectivity index (χ2n) is 13.3. The summed E-state index contributed by atoms with van der Waals surface area (Å²) in [5.74, 6) is -2.95. The lowest BCUT2D eigenvalue weighted by Crippen LogP contribution is -2.47. The SMILES string of the molecule is COC[C@@H](NCC(F)(F)CN)c1ccc2c(n1)nc([C@@H](N[S+]([O-])C(C)(C)C)[C@@H](C)O[C@H](C)C(F)(F)F)n2COCC[Si](C)(C)C. The molecule has 1 unspecified atom stereocenters. The molecule has 0 amide bonds. The zero-order chi connectivity index (χ0) is 34.4. The van der Waals surface area contributed by atoms with Crippen molar-refractivity contribution in [2.24, 2.45) is 5.73 Å². The molecule has 5 atom stereocenters. The van der Waals surface area contributed by atoms with Gasteiger partial charge in [0.2, 0.25) is 0 Å². The molecule has 0 aromatic carbocycles. The number of hydrogen-bond donors (Lipinski definition) is 3. The van der Waals surface area contributed by atoms with Crippen molar-refractivity contribution in [1.29, 1.82) is 0 Å². The molecule has 260 valence electrons. The van der Waals surface area contributed by atoms with Gasteiger partial charge in [-0.3, -0.25) is 0 Å². The number of methoxy groups -OCH3 is 1. The summed E-state index contributed by atoms with van der Waals surface area (Å²) in [5, 5.41) is 2.74. The van der Waals surface area contributed by atoms with Gasteiger partial charge in [0, 0.05) is 33.2 Å². The second kappa shape index (κ2) is 16.1. The minimum atomic E-state index is -4.62. The van der Waals surface area contributed by atoms with E-state index < -0.39 is 73.7 Å². The Morgan fingerprint density at radius 3 is 2.27 bits per heavy atom. The molecule has 0 saturated carbocycles. The molecule has 45 heavy (non-hydrogen) atoms. The number of rotatable bonds is 18. The van der Waals surface area contributed by atoms with Gasteiger partial charge < -0.3 is 34.4 Å². The Morgan fingerprint density at radius 1 is 1.09 bits per heavy atom. The fourth-order valence-corrected chi connectivity index (χ4v) is 5.67. The van der Waals surface area contributed by atoms with Crippen LogP contribution >= 0.6 is 0 Å². The molecule has 2 heterocycles. The highest BCUT2D eigenvalue weighted by Gasteiger charge is 2.42. The van der Waals surface area contributed by atoms with Crippen molar-refractivity contribution >= 4 is 30.6 Å². The molecule has 0 fully saturated rings. The van der Waals surface area contributed by atoms with Crippen LogP contribution in [0.1, 0.15) is 58.2 Å². The summed E-state index contributed by atoms with van der Waals surface area (Å²) in [4.78, 5) is 9.30. The number of nitrogens with zero attached hydrogens (tertiary/aromatic N) is 3. The van der Waals surface area contributed by atoms with E-state index in [0.29, 0.717) is 17.8 Å². The van der Waals surface area contributed by atoms with Gasteiger partial charge in [0.1, 0.15) is 23.3 Å². The minimum Gasteiger partial charge on any atom is -0.598 e. The summed E-state index contributed by atoms with van der Waals surface area (Å²) < 4.78 is 102. The van der Waals surface area contributed by atoms with Gasteiger partial charge >= 0.3 is 6.18 Å². The first-order valence-corrected chi connectivity index (χ1v) is 19.6. The van der Waals surface area contributed by atoms with Gasteiger partial charge in [-0.1, -0.05) is 19.6 Å². The van der Waals surface area contributed by atoms with E-state index in [0.717, 1.165) is 13.0 Å². The van der Waals surface area contributed by atoms with Gasteiger partial charge in [0.25, 0.3) is 5.92 Å². The molecule has 0 bridgehead atoms. The molecular formula is C28H49F5N6O4SSi. The summed E-state index contributed by atoms with van der Waals surface area (Å²) >= 11 is -1.73. The van der Waals surface area contributed by atoms with Crippen molar-refractivity contribution in [3.05, 3.63) is 23.7 Å². The van der Waals surface area contributed by atoms with E-state index in [-0.39, 0.29) is 24.8 Å². The highest BCUT2D eigenvalue weighted by atomic mass is 32.2. The third kappa shape index (κ3) is 12.3. The van der Waals surface area contributed by atoms with Crippen LogP contribution in [0.4, 0.5) is 22.0 Å². The predicted molar refractivity (Wildman–Crippen MR) is 168 cm³/mol. The maximum atomic E-state index is 13.9. The number of nitrogens with two attached hydrogens (primary N) is 1. The molecule has 2 aromatic rings. The Labute approximate surface area is 266 Å².